The van der Waals surface area contributed by atoms with E-state index in [0.29, 0.717) is 6.54 Å². The van der Waals surface area contributed by atoms with E-state index in [9.17, 15) is 10.1 Å². The predicted molar refractivity (Wildman–Crippen MR) is 82.6 cm³/mol. The van der Waals surface area contributed by atoms with Crippen molar-refractivity contribution in [3.05, 3.63) is 60.2 Å². The second kappa shape index (κ2) is 6.54. The van der Waals surface area contributed by atoms with Crippen LogP contribution in [0, 0.1) is 10.1 Å². The fourth-order valence-electron chi connectivity index (χ4n) is 1.87. The van der Waals surface area contributed by atoms with Crippen LogP contribution in [-0.2, 0) is 13.1 Å². The molecule has 0 N–H and O–H groups in total. The minimum atomic E-state index is -0.467. The Bertz CT molecular complexity index is 631. The van der Waals surface area contributed by atoms with E-state index in [1.807, 2.05) is 19.2 Å². The maximum absolute atomic E-state index is 10.8. The normalized spacial score (nSPS) is 11.0. The fraction of sp³-hybridized carbons (Fsp3) is 0.231. The van der Waals surface area contributed by atoms with Crippen LogP contribution in [0.4, 0.5) is 5.69 Å². The zero-order valence-corrected chi connectivity index (χ0v) is 13.0. The standard InChI is InChI=1S/C13H12Cl2N2O2S/c1-16(8-10-3-5-13(15)20-10)7-9-2-4-11(14)12(6-9)17(18)19/h2-6H,7-8H2,1H3. The summed E-state index contributed by atoms with van der Waals surface area (Å²) >= 11 is 13.2. The van der Waals surface area contributed by atoms with E-state index in [0.717, 1.165) is 21.3 Å². The zero-order chi connectivity index (χ0) is 14.7. The first-order valence-electron chi connectivity index (χ1n) is 5.81. The van der Waals surface area contributed by atoms with Crippen LogP contribution in [0.1, 0.15) is 10.4 Å². The summed E-state index contributed by atoms with van der Waals surface area (Å²) in [7, 11) is 1.95. The molecule has 7 heteroatoms. The molecule has 0 radical (unpaired) electrons. The van der Waals surface area contributed by atoms with E-state index < -0.39 is 4.92 Å². The largest absolute Gasteiger partial charge is 0.297 e. The summed E-state index contributed by atoms with van der Waals surface area (Å²) in [5, 5.41) is 11.0. The lowest BCUT2D eigenvalue weighted by molar-refractivity contribution is -0.384. The molecule has 2 aromatic rings. The topological polar surface area (TPSA) is 46.4 Å². The van der Waals surface area contributed by atoms with Crippen molar-refractivity contribution in [3.8, 4) is 0 Å². The van der Waals surface area contributed by atoms with Gasteiger partial charge in [-0.05, 0) is 30.8 Å². The summed E-state index contributed by atoms with van der Waals surface area (Å²) in [5.74, 6) is 0. The molecular formula is C13H12Cl2N2O2S. The first kappa shape index (κ1) is 15.3. The quantitative estimate of drug-likeness (QED) is 0.594. The summed E-state index contributed by atoms with van der Waals surface area (Å²) in [6.07, 6.45) is 0. The van der Waals surface area contributed by atoms with E-state index in [4.69, 9.17) is 23.2 Å². The number of nitro groups is 1. The minimum Gasteiger partial charge on any atom is -0.297 e. The van der Waals surface area contributed by atoms with Gasteiger partial charge in [-0.1, -0.05) is 29.3 Å². The summed E-state index contributed by atoms with van der Waals surface area (Å²) in [6, 6.07) is 8.72. The number of hydrogen-bond acceptors (Lipinski definition) is 4. The first-order chi connectivity index (χ1) is 9.45. The first-order valence-corrected chi connectivity index (χ1v) is 7.38. The highest BCUT2D eigenvalue weighted by atomic mass is 35.5. The smallest absolute Gasteiger partial charge is 0.288 e. The van der Waals surface area contributed by atoms with E-state index in [-0.39, 0.29) is 10.7 Å². The van der Waals surface area contributed by atoms with Gasteiger partial charge in [-0.15, -0.1) is 11.3 Å². The average Bonchev–Trinajstić information content (AvgIpc) is 2.76. The van der Waals surface area contributed by atoms with Crippen LogP contribution < -0.4 is 0 Å². The van der Waals surface area contributed by atoms with Gasteiger partial charge in [-0.2, -0.15) is 0 Å². The van der Waals surface area contributed by atoms with Crippen molar-refractivity contribution in [2.75, 3.05) is 7.05 Å². The third kappa shape index (κ3) is 3.93. The van der Waals surface area contributed by atoms with Gasteiger partial charge in [-0.3, -0.25) is 15.0 Å². The Hall–Kier alpha value is -1.14. The number of nitro benzene ring substituents is 1. The maximum Gasteiger partial charge on any atom is 0.288 e. The second-order valence-electron chi connectivity index (χ2n) is 4.42. The van der Waals surface area contributed by atoms with E-state index >= 15 is 0 Å². The average molecular weight is 331 g/mol. The number of rotatable bonds is 5. The number of benzene rings is 1. The number of thiophene rings is 1. The highest BCUT2D eigenvalue weighted by Crippen LogP contribution is 2.26. The Morgan fingerprint density at radius 1 is 1.25 bits per heavy atom. The third-order valence-corrected chi connectivity index (χ3v) is 4.25. The van der Waals surface area contributed by atoms with Crippen molar-refractivity contribution in [1.82, 2.24) is 4.90 Å². The summed E-state index contributed by atoms with van der Waals surface area (Å²) in [4.78, 5) is 13.6. The van der Waals surface area contributed by atoms with Gasteiger partial charge >= 0.3 is 0 Å². The van der Waals surface area contributed by atoms with Crippen LogP contribution >= 0.6 is 34.5 Å². The van der Waals surface area contributed by atoms with Gasteiger partial charge in [0.2, 0.25) is 0 Å². The fourth-order valence-corrected chi connectivity index (χ4v) is 3.22. The van der Waals surface area contributed by atoms with Crippen LogP contribution in [0.2, 0.25) is 9.36 Å². The lowest BCUT2D eigenvalue weighted by atomic mass is 10.2. The molecule has 0 saturated carbocycles. The van der Waals surface area contributed by atoms with Gasteiger partial charge in [0.1, 0.15) is 5.02 Å². The molecule has 2 rings (SSSR count). The lowest BCUT2D eigenvalue weighted by Crippen LogP contribution is -2.16. The van der Waals surface area contributed by atoms with Crippen LogP contribution in [0.15, 0.2) is 30.3 Å². The molecule has 0 atom stereocenters. The number of nitrogens with zero attached hydrogens (tertiary/aromatic N) is 2. The van der Waals surface area contributed by atoms with Gasteiger partial charge in [0.15, 0.2) is 0 Å². The maximum atomic E-state index is 10.8. The van der Waals surface area contributed by atoms with Crippen molar-refractivity contribution in [2.45, 2.75) is 13.1 Å². The van der Waals surface area contributed by atoms with Gasteiger partial charge in [-0.25, -0.2) is 0 Å². The molecule has 106 valence electrons. The van der Waals surface area contributed by atoms with Crippen molar-refractivity contribution in [1.29, 1.82) is 0 Å². The molecule has 1 aromatic heterocycles. The molecule has 1 aromatic carbocycles. The van der Waals surface area contributed by atoms with Crippen LogP contribution in [0.25, 0.3) is 0 Å². The Kier molecular flexibility index (Phi) is 4.99. The molecule has 0 aliphatic rings. The van der Waals surface area contributed by atoms with Gasteiger partial charge in [0.25, 0.3) is 5.69 Å². The molecule has 0 amide bonds. The SMILES string of the molecule is CN(Cc1ccc(Cl)c([N+](=O)[O-])c1)Cc1ccc(Cl)s1. The number of hydrogen-bond donors (Lipinski definition) is 0. The van der Waals surface area contributed by atoms with E-state index in [2.05, 4.69) is 4.90 Å². The molecule has 0 aliphatic heterocycles. The second-order valence-corrected chi connectivity index (χ2v) is 6.63. The van der Waals surface area contributed by atoms with Crippen molar-refractivity contribution >= 4 is 40.2 Å². The Labute approximate surface area is 130 Å². The zero-order valence-electron chi connectivity index (χ0n) is 10.7. The van der Waals surface area contributed by atoms with E-state index in [1.54, 1.807) is 12.1 Å². The molecule has 0 bridgehead atoms. The Morgan fingerprint density at radius 3 is 2.60 bits per heavy atom. The molecule has 0 saturated heterocycles. The van der Waals surface area contributed by atoms with Gasteiger partial charge in [0, 0.05) is 24.0 Å². The van der Waals surface area contributed by atoms with Crippen LogP contribution in [-0.4, -0.2) is 16.9 Å². The summed E-state index contributed by atoms with van der Waals surface area (Å²) in [6.45, 7) is 1.35. The highest BCUT2D eigenvalue weighted by Gasteiger charge is 2.13. The minimum absolute atomic E-state index is 0.0586. The summed E-state index contributed by atoms with van der Waals surface area (Å²) in [5.41, 5.74) is 0.794. The molecule has 4 nitrogen and oxygen atoms in total. The highest BCUT2D eigenvalue weighted by molar-refractivity contribution is 7.16. The Morgan fingerprint density at radius 2 is 2.00 bits per heavy atom. The van der Waals surface area contributed by atoms with E-state index in [1.165, 1.54) is 17.4 Å². The monoisotopic (exact) mass is 330 g/mol. The molecule has 0 spiro atoms. The van der Waals surface area contributed by atoms with Crippen LogP contribution in [0.5, 0.6) is 0 Å². The molecule has 0 unspecified atom stereocenters. The van der Waals surface area contributed by atoms with Crippen molar-refractivity contribution in [2.24, 2.45) is 0 Å². The number of halogens is 2. The Balaban J connectivity index is 2.06. The predicted octanol–water partition coefficient (Wildman–Crippen LogP) is 4.60. The summed E-state index contributed by atoms with van der Waals surface area (Å²) < 4.78 is 0.760. The molecule has 1 heterocycles. The van der Waals surface area contributed by atoms with Gasteiger partial charge in [0.05, 0.1) is 9.26 Å². The van der Waals surface area contributed by atoms with Crippen molar-refractivity contribution < 1.29 is 4.92 Å². The molecule has 20 heavy (non-hydrogen) atoms. The van der Waals surface area contributed by atoms with Crippen molar-refractivity contribution in [3.63, 3.8) is 0 Å². The molecular weight excluding hydrogens is 319 g/mol. The molecule has 0 aliphatic carbocycles. The third-order valence-electron chi connectivity index (χ3n) is 2.71. The molecule has 0 fully saturated rings. The lowest BCUT2D eigenvalue weighted by Gasteiger charge is -2.15. The van der Waals surface area contributed by atoms with Crippen LogP contribution in [0.3, 0.4) is 0 Å². The van der Waals surface area contributed by atoms with Gasteiger partial charge < -0.3 is 0 Å².